The van der Waals surface area contributed by atoms with E-state index in [1.807, 2.05) is 31.2 Å². The Labute approximate surface area is 91.3 Å². The van der Waals surface area contributed by atoms with Gasteiger partial charge in [0, 0.05) is 17.0 Å². The van der Waals surface area contributed by atoms with E-state index in [4.69, 9.17) is 4.42 Å². The number of rotatable bonds is 0. The lowest BCUT2D eigenvalue weighted by Gasteiger charge is -2.03. The zero-order valence-electron chi connectivity index (χ0n) is 8.73. The Morgan fingerprint density at radius 1 is 1.19 bits per heavy atom. The lowest BCUT2D eigenvalue weighted by atomic mass is 10.1. The summed E-state index contributed by atoms with van der Waals surface area (Å²) in [5.74, 6) is 0. The highest BCUT2D eigenvalue weighted by molar-refractivity contribution is 6.04. The molecule has 78 valence electrons. The van der Waals surface area contributed by atoms with E-state index >= 15 is 0 Å². The Morgan fingerprint density at radius 3 is 2.88 bits per heavy atom. The van der Waals surface area contributed by atoms with Crippen molar-refractivity contribution in [2.45, 2.75) is 6.92 Å². The van der Waals surface area contributed by atoms with Crippen LogP contribution in [-0.4, -0.2) is 4.98 Å². The summed E-state index contributed by atoms with van der Waals surface area (Å²) in [6.07, 6.45) is 1.63. The molecule has 3 rings (SSSR count). The number of aromatic nitrogens is 1. The van der Waals surface area contributed by atoms with Crippen LogP contribution in [-0.2, 0) is 0 Å². The summed E-state index contributed by atoms with van der Waals surface area (Å²) in [5.41, 5.74) is 1.67. The topological polar surface area (TPSA) is 43.1 Å². The van der Waals surface area contributed by atoms with E-state index in [0.29, 0.717) is 11.1 Å². The van der Waals surface area contributed by atoms with Gasteiger partial charge >= 0.3 is 5.63 Å². The quantitative estimate of drug-likeness (QED) is 0.424. The fraction of sp³-hybridized carbons (Fsp3) is 0.0769. The van der Waals surface area contributed by atoms with Crippen LogP contribution in [0.3, 0.4) is 0 Å². The van der Waals surface area contributed by atoms with Crippen molar-refractivity contribution in [2.24, 2.45) is 0 Å². The minimum atomic E-state index is -0.377. The molecule has 0 aliphatic rings. The molecule has 1 aromatic carbocycles. The summed E-state index contributed by atoms with van der Waals surface area (Å²) in [6, 6.07) is 9.41. The van der Waals surface area contributed by atoms with Crippen LogP contribution in [0.4, 0.5) is 0 Å². The number of benzene rings is 1. The zero-order chi connectivity index (χ0) is 11.1. The van der Waals surface area contributed by atoms with E-state index in [0.717, 1.165) is 16.3 Å². The third kappa shape index (κ3) is 1.15. The number of hydrogen-bond donors (Lipinski definition) is 0. The number of pyridine rings is 1. The van der Waals surface area contributed by atoms with Gasteiger partial charge in [-0.1, -0.05) is 18.2 Å². The Hall–Kier alpha value is -2.16. The first-order valence-corrected chi connectivity index (χ1v) is 5.04. The van der Waals surface area contributed by atoms with Gasteiger partial charge in [0.05, 0.1) is 0 Å². The second-order valence-corrected chi connectivity index (χ2v) is 3.74. The Morgan fingerprint density at radius 2 is 2.00 bits per heavy atom. The SMILES string of the molecule is Cc1ccnc2c(=O)oc3ccccc3c12. The molecule has 3 nitrogen and oxygen atoms in total. The first kappa shape index (κ1) is 9.09. The van der Waals surface area contributed by atoms with Crippen LogP contribution < -0.4 is 5.63 Å². The lowest BCUT2D eigenvalue weighted by molar-refractivity contribution is 0.568. The monoisotopic (exact) mass is 211 g/mol. The molecule has 0 atom stereocenters. The largest absolute Gasteiger partial charge is 0.421 e. The highest BCUT2D eigenvalue weighted by Gasteiger charge is 2.09. The zero-order valence-corrected chi connectivity index (χ0v) is 8.73. The second-order valence-electron chi connectivity index (χ2n) is 3.74. The highest BCUT2D eigenvalue weighted by atomic mass is 16.4. The molecule has 0 aliphatic heterocycles. The average Bonchev–Trinajstić information content (AvgIpc) is 2.30. The van der Waals surface area contributed by atoms with Gasteiger partial charge in [0.2, 0.25) is 0 Å². The minimum absolute atomic E-state index is 0.377. The molecule has 16 heavy (non-hydrogen) atoms. The van der Waals surface area contributed by atoms with E-state index in [9.17, 15) is 4.79 Å². The predicted molar refractivity (Wildman–Crippen MR) is 62.5 cm³/mol. The molecule has 3 aromatic rings. The van der Waals surface area contributed by atoms with Crippen LogP contribution in [0, 0.1) is 6.92 Å². The summed E-state index contributed by atoms with van der Waals surface area (Å²) in [5, 5.41) is 1.82. The van der Waals surface area contributed by atoms with Gasteiger partial charge in [0.1, 0.15) is 5.58 Å². The lowest BCUT2D eigenvalue weighted by Crippen LogP contribution is -2.02. The van der Waals surface area contributed by atoms with Crippen LogP contribution in [0.5, 0.6) is 0 Å². The van der Waals surface area contributed by atoms with Gasteiger partial charge in [0.15, 0.2) is 5.52 Å². The molecule has 0 aliphatic carbocycles. The van der Waals surface area contributed by atoms with Gasteiger partial charge in [-0.05, 0) is 24.6 Å². The van der Waals surface area contributed by atoms with Crippen LogP contribution >= 0.6 is 0 Å². The predicted octanol–water partition coefficient (Wildman–Crippen LogP) is 2.65. The molecule has 0 fully saturated rings. The molecule has 0 bridgehead atoms. The molecule has 0 saturated heterocycles. The molecule has 3 heteroatoms. The van der Waals surface area contributed by atoms with Gasteiger partial charge in [-0.15, -0.1) is 0 Å². The Kier molecular flexibility index (Phi) is 1.80. The number of nitrogens with zero attached hydrogens (tertiary/aromatic N) is 1. The molecule has 0 spiro atoms. The van der Waals surface area contributed by atoms with Crippen molar-refractivity contribution in [1.29, 1.82) is 0 Å². The maximum absolute atomic E-state index is 11.7. The van der Waals surface area contributed by atoms with Crippen LogP contribution in [0.25, 0.3) is 21.9 Å². The second kappa shape index (κ2) is 3.17. The molecular weight excluding hydrogens is 202 g/mol. The van der Waals surface area contributed by atoms with E-state index in [-0.39, 0.29) is 5.63 Å². The smallest absolute Gasteiger partial charge is 0.363 e. The molecule has 2 aromatic heterocycles. The molecular formula is C13H9NO2. The molecule has 0 saturated carbocycles. The van der Waals surface area contributed by atoms with Crippen LogP contribution in [0.2, 0.25) is 0 Å². The first-order valence-electron chi connectivity index (χ1n) is 5.04. The van der Waals surface area contributed by atoms with Crippen molar-refractivity contribution in [3.8, 4) is 0 Å². The van der Waals surface area contributed by atoms with E-state index < -0.39 is 0 Å². The van der Waals surface area contributed by atoms with E-state index in [2.05, 4.69) is 4.98 Å². The van der Waals surface area contributed by atoms with Gasteiger partial charge in [-0.3, -0.25) is 0 Å². The highest BCUT2D eigenvalue weighted by Crippen LogP contribution is 2.23. The van der Waals surface area contributed by atoms with Gasteiger partial charge in [0.25, 0.3) is 0 Å². The third-order valence-electron chi connectivity index (χ3n) is 2.71. The maximum Gasteiger partial charge on any atom is 0.363 e. The van der Waals surface area contributed by atoms with Crippen molar-refractivity contribution >= 4 is 21.9 Å². The van der Waals surface area contributed by atoms with Crippen molar-refractivity contribution in [3.63, 3.8) is 0 Å². The molecule has 0 amide bonds. The normalized spacial score (nSPS) is 11.1. The number of hydrogen-bond acceptors (Lipinski definition) is 3. The Bertz CT molecular complexity index is 744. The number of fused-ring (bicyclic) bond motifs is 3. The Balaban J connectivity index is 2.73. The molecule has 2 heterocycles. The summed E-state index contributed by atoms with van der Waals surface area (Å²) in [6.45, 7) is 1.97. The van der Waals surface area contributed by atoms with E-state index in [1.54, 1.807) is 12.3 Å². The van der Waals surface area contributed by atoms with Gasteiger partial charge in [-0.25, -0.2) is 9.78 Å². The molecule has 0 N–H and O–H groups in total. The summed E-state index contributed by atoms with van der Waals surface area (Å²) in [7, 11) is 0. The first-order chi connectivity index (χ1) is 7.77. The molecule has 0 unspecified atom stereocenters. The van der Waals surface area contributed by atoms with Crippen LogP contribution in [0.15, 0.2) is 45.7 Å². The van der Waals surface area contributed by atoms with Crippen molar-refractivity contribution < 1.29 is 4.42 Å². The summed E-state index contributed by atoms with van der Waals surface area (Å²) in [4.78, 5) is 15.8. The van der Waals surface area contributed by atoms with Gasteiger partial charge in [-0.2, -0.15) is 0 Å². The fourth-order valence-electron chi connectivity index (χ4n) is 1.96. The maximum atomic E-state index is 11.7. The van der Waals surface area contributed by atoms with E-state index in [1.165, 1.54) is 0 Å². The van der Waals surface area contributed by atoms with Crippen molar-refractivity contribution in [1.82, 2.24) is 4.98 Å². The van der Waals surface area contributed by atoms with Gasteiger partial charge < -0.3 is 4.42 Å². The van der Waals surface area contributed by atoms with Crippen molar-refractivity contribution in [2.75, 3.05) is 0 Å². The number of para-hydroxylation sites is 1. The average molecular weight is 211 g/mol. The van der Waals surface area contributed by atoms with Crippen molar-refractivity contribution in [3.05, 3.63) is 52.5 Å². The number of aryl methyl sites for hydroxylation is 1. The molecule has 0 radical (unpaired) electrons. The minimum Gasteiger partial charge on any atom is -0.421 e. The van der Waals surface area contributed by atoms with Crippen LogP contribution in [0.1, 0.15) is 5.56 Å². The fourth-order valence-corrected chi connectivity index (χ4v) is 1.96. The summed E-state index contributed by atoms with van der Waals surface area (Å²) < 4.78 is 5.21. The third-order valence-corrected chi connectivity index (χ3v) is 2.71. The summed E-state index contributed by atoms with van der Waals surface area (Å²) >= 11 is 0. The standard InChI is InChI=1S/C13H9NO2/c1-8-6-7-14-12-11(8)9-4-2-3-5-10(9)16-13(12)15/h2-7H,1H3.